The number of hydrogen-bond acceptors (Lipinski definition) is 3. The second-order valence-electron chi connectivity index (χ2n) is 5.05. The molecule has 2 aromatic carbocycles. The molecule has 0 spiro atoms. The quantitative estimate of drug-likeness (QED) is 0.711. The van der Waals surface area contributed by atoms with Crippen molar-refractivity contribution in [3.05, 3.63) is 76.1 Å². The number of aromatic nitrogens is 2. The Morgan fingerprint density at radius 3 is 2.48 bits per heavy atom. The fourth-order valence-electron chi connectivity index (χ4n) is 2.30. The molecule has 3 rings (SSSR count). The first-order chi connectivity index (χ1) is 11.3. The molecule has 0 radical (unpaired) electrons. The molecule has 23 heavy (non-hydrogen) atoms. The van der Waals surface area contributed by atoms with Crippen molar-refractivity contribution in [2.24, 2.45) is 4.99 Å². The molecule has 3 aromatic rings. The largest absolute Gasteiger partial charge is 0.497 e. The van der Waals surface area contributed by atoms with Gasteiger partial charge >= 0.3 is 0 Å². The number of nitrogens with zero attached hydrogens (tertiary/aromatic N) is 1. The molecule has 2 N–H and O–H groups in total. The van der Waals surface area contributed by atoms with Crippen LogP contribution in [0.15, 0.2) is 64.4 Å². The number of nitrogens with one attached hydrogen (secondary N) is 2. The molecule has 116 valence electrons. The molecule has 5 nitrogen and oxygen atoms in total. The van der Waals surface area contributed by atoms with Crippen molar-refractivity contribution in [2.75, 3.05) is 7.11 Å². The third-order valence-electron chi connectivity index (χ3n) is 3.53. The lowest BCUT2D eigenvalue weighted by Crippen LogP contribution is -2.05. The van der Waals surface area contributed by atoms with E-state index in [9.17, 15) is 4.79 Å². The van der Waals surface area contributed by atoms with Gasteiger partial charge in [-0.05, 0) is 17.7 Å². The average molecular weight is 307 g/mol. The molecule has 0 atom stereocenters. The van der Waals surface area contributed by atoms with E-state index in [4.69, 9.17) is 4.74 Å². The number of rotatable bonds is 5. The Kier molecular flexibility index (Phi) is 4.38. The summed E-state index contributed by atoms with van der Waals surface area (Å²) < 4.78 is 5.12. The SMILES string of the molecule is COc1ccc(CN=Cc2c(-c3ccccc3)[nH][nH]c2=O)cc1. The molecule has 0 aliphatic carbocycles. The summed E-state index contributed by atoms with van der Waals surface area (Å²) in [5, 5.41) is 5.52. The van der Waals surface area contributed by atoms with Gasteiger partial charge in [-0.15, -0.1) is 0 Å². The molecule has 0 saturated heterocycles. The number of benzene rings is 2. The van der Waals surface area contributed by atoms with Gasteiger partial charge in [0.05, 0.1) is 24.9 Å². The lowest BCUT2D eigenvalue weighted by atomic mass is 10.1. The normalized spacial score (nSPS) is 11.0. The summed E-state index contributed by atoms with van der Waals surface area (Å²) in [5.41, 5.74) is 3.09. The van der Waals surface area contributed by atoms with Crippen molar-refractivity contribution in [3.8, 4) is 17.0 Å². The molecule has 0 amide bonds. The van der Waals surface area contributed by atoms with E-state index in [1.165, 1.54) is 0 Å². The Morgan fingerprint density at radius 1 is 1.04 bits per heavy atom. The summed E-state index contributed by atoms with van der Waals surface area (Å²) in [6.45, 7) is 0.503. The summed E-state index contributed by atoms with van der Waals surface area (Å²) >= 11 is 0. The minimum atomic E-state index is -0.178. The molecule has 0 bridgehead atoms. The fraction of sp³-hybridized carbons (Fsp3) is 0.111. The Morgan fingerprint density at radius 2 is 1.78 bits per heavy atom. The summed E-state index contributed by atoms with van der Waals surface area (Å²) in [4.78, 5) is 16.3. The predicted molar refractivity (Wildman–Crippen MR) is 91.1 cm³/mol. The van der Waals surface area contributed by atoms with E-state index in [1.54, 1.807) is 13.3 Å². The van der Waals surface area contributed by atoms with Gasteiger partial charge in [0.2, 0.25) is 0 Å². The van der Waals surface area contributed by atoms with Gasteiger partial charge in [-0.2, -0.15) is 0 Å². The van der Waals surface area contributed by atoms with Crippen LogP contribution in [0.2, 0.25) is 0 Å². The van der Waals surface area contributed by atoms with Gasteiger partial charge in [-0.3, -0.25) is 20.0 Å². The van der Waals surface area contributed by atoms with Crippen LogP contribution in [0.1, 0.15) is 11.1 Å². The highest BCUT2D eigenvalue weighted by Crippen LogP contribution is 2.17. The zero-order chi connectivity index (χ0) is 16.1. The summed E-state index contributed by atoms with van der Waals surface area (Å²) in [7, 11) is 1.64. The summed E-state index contributed by atoms with van der Waals surface area (Å²) in [5.74, 6) is 0.811. The average Bonchev–Trinajstić information content (AvgIpc) is 2.97. The van der Waals surface area contributed by atoms with Crippen LogP contribution in [0.5, 0.6) is 5.75 Å². The van der Waals surface area contributed by atoms with Gasteiger partial charge in [0.15, 0.2) is 0 Å². The van der Waals surface area contributed by atoms with E-state index in [-0.39, 0.29) is 5.56 Å². The smallest absolute Gasteiger partial charge is 0.273 e. The fourth-order valence-corrected chi connectivity index (χ4v) is 2.30. The highest BCUT2D eigenvalue weighted by molar-refractivity contribution is 5.88. The molecule has 0 aliphatic heterocycles. The lowest BCUT2D eigenvalue weighted by Gasteiger charge is -2.01. The van der Waals surface area contributed by atoms with Crippen molar-refractivity contribution < 1.29 is 4.74 Å². The van der Waals surface area contributed by atoms with E-state index in [0.29, 0.717) is 12.1 Å². The number of methoxy groups -OCH3 is 1. The van der Waals surface area contributed by atoms with Crippen molar-refractivity contribution in [3.63, 3.8) is 0 Å². The molecular formula is C18H17N3O2. The molecule has 0 saturated carbocycles. The number of hydrogen-bond donors (Lipinski definition) is 2. The maximum atomic E-state index is 11.9. The van der Waals surface area contributed by atoms with Gasteiger partial charge in [-0.1, -0.05) is 42.5 Å². The highest BCUT2D eigenvalue weighted by atomic mass is 16.5. The van der Waals surface area contributed by atoms with Crippen molar-refractivity contribution in [1.29, 1.82) is 0 Å². The third-order valence-corrected chi connectivity index (χ3v) is 3.53. The van der Waals surface area contributed by atoms with E-state index < -0.39 is 0 Å². The third kappa shape index (κ3) is 3.40. The molecule has 1 aromatic heterocycles. The minimum Gasteiger partial charge on any atom is -0.497 e. The highest BCUT2D eigenvalue weighted by Gasteiger charge is 2.09. The van der Waals surface area contributed by atoms with Crippen LogP contribution >= 0.6 is 0 Å². The Hall–Kier alpha value is -3.08. The second kappa shape index (κ2) is 6.79. The maximum Gasteiger partial charge on any atom is 0.273 e. The van der Waals surface area contributed by atoms with E-state index in [2.05, 4.69) is 15.2 Å². The standard InChI is InChI=1S/C18H17N3O2/c1-23-15-9-7-13(8-10-15)11-19-12-16-17(20-21-18(16)22)14-5-3-2-4-6-14/h2-10,12H,11H2,1H3,(H2,20,21,22). The van der Waals surface area contributed by atoms with Gasteiger partial charge in [0.25, 0.3) is 5.56 Å². The summed E-state index contributed by atoms with van der Waals surface area (Å²) in [6, 6.07) is 17.4. The van der Waals surface area contributed by atoms with E-state index in [1.807, 2.05) is 54.6 Å². The zero-order valence-electron chi connectivity index (χ0n) is 12.7. The zero-order valence-corrected chi connectivity index (χ0v) is 12.7. The lowest BCUT2D eigenvalue weighted by molar-refractivity contribution is 0.414. The Bertz CT molecular complexity index is 846. The maximum absolute atomic E-state index is 11.9. The molecule has 5 heteroatoms. The van der Waals surface area contributed by atoms with Crippen molar-refractivity contribution >= 4 is 6.21 Å². The van der Waals surface area contributed by atoms with E-state index in [0.717, 1.165) is 22.6 Å². The van der Waals surface area contributed by atoms with Crippen LogP contribution in [0, 0.1) is 0 Å². The van der Waals surface area contributed by atoms with Crippen LogP contribution in [-0.4, -0.2) is 23.5 Å². The van der Waals surface area contributed by atoms with Gasteiger partial charge in [0, 0.05) is 11.8 Å². The summed E-state index contributed by atoms with van der Waals surface area (Å²) in [6.07, 6.45) is 1.61. The van der Waals surface area contributed by atoms with Gasteiger partial charge in [-0.25, -0.2) is 0 Å². The first-order valence-corrected chi connectivity index (χ1v) is 7.27. The monoisotopic (exact) mass is 307 g/mol. The molecule has 0 aliphatic rings. The van der Waals surface area contributed by atoms with Crippen LogP contribution in [0.25, 0.3) is 11.3 Å². The van der Waals surface area contributed by atoms with Crippen LogP contribution in [0.3, 0.4) is 0 Å². The van der Waals surface area contributed by atoms with E-state index >= 15 is 0 Å². The minimum absolute atomic E-state index is 0.178. The van der Waals surface area contributed by atoms with Crippen molar-refractivity contribution in [2.45, 2.75) is 6.54 Å². The number of aliphatic imine (C=N–C) groups is 1. The first kappa shape index (κ1) is 14.8. The van der Waals surface area contributed by atoms with Gasteiger partial charge < -0.3 is 4.74 Å². The number of H-pyrrole nitrogens is 2. The molecular weight excluding hydrogens is 290 g/mol. The topological polar surface area (TPSA) is 70.2 Å². The number of aromatic amines is 2. The predicted octanol–water partition coefficient (Wildman–Crippen LogP) is 3.00. The Labute approximate surface area is 133 Å². The number of ether oxygens (including phenoxy) is 1. The first-order valence-electron chi connectivity index (χ1n) is 7.27. The second-order valence-corrected chi connectivity index (χ2v) is 5.05. The van der Waals surface area contributed by atoms with Gasteiger partial charge in [0.1, 0.15) is 5.75 Å². The molecule has 0 fully saturated rings. The Balaban J connectivity index is 1.80. The van der Waals surface area contributed by atoms with Crippen LogP contribution < -0.4 is 10.3 Å². The molecule has 1 heterocycles. The molecule has 0 unspecified atom stereocenters. The van der Waals surface area contributed by atoms with Crippen LogP contribution in [0.4, 0.5) is 0 Å². The van der Waals surface area contributed by atoms with Crippen LogP contribution in [-0.2, 0) is 6.54 Å². The van der Waals surface area contributed by atoms with Crippen molar-refractivity contribution in [1.82, 2.24) is 10.2 Å².